The Hall–Kier alpha value is -1.36. The van der Waals surface area contributed by atoms with Crippen molar-refractivity contribution >= 4 is 5.97 Å². The lowest BCUT2D eigenvalue weighted by Crippen LogP contribution is -2.33. The number of hydrogen-bond acceptors (Lipinski definition) is 3. The van der Waals surface area contributed by atoms with Crippen LogP contribution in [0.2, 0.25) is 0 Å². The summed E-state index contributed by atoms with van der Waals surface area (Å²) in [5.41, 5.74) is 2.25. The summed E-state index contributed by atoms with van der Waals surface area (Å²) in [7, 11) is 1.95. The van der Waals surface area contributed by atoms with E-state index in [1.54, 1.807) is 0 Å². The second-order valence-corrected chi connectivity index (χ2v) is 5.05. The number of carboxylic acid groups (broad SMARTS) is 1. The maximum absolute atomic E-state index is 11.1. The van der Waals surface area contributed by atoms with E-state index in [-0.39, 0.29) is 12.0 Å². The van der Waals surface area contributed by atoms with Gasteiger partial charge in [0.2, 0.25) is 0 Å². The molecule has 100 valence electrons. The molecule has 1 aromatic heterocycles. The van der Waals surface area contributed by atoms with Gasteiger partial charge < -0.3 is 5.11 Å². The van der Waals surface area contributed by atoms with Gasteiger partial charge in [-0.15, -0.1) is 0 Å². The van der Waals surface area contributed by atoms with Crippen LogP contribution in [0.3, 0.4) is 0 Å². The van der Waals surface area contributed by atoms with E-state index in [2.05, 4.69) is 23.0 Å². The number of carbonyl (C=O) groups is 1. The minimum Gasteiger partial charge on any atom is -0.481 e. The first kappa shape index (κ1) is 13.1. The highest BCUT2D eigenvalue weighted by Crippen LogP contribution is 2.26. The molecule has 1 aliphatic heterocycles. The number of hydrogen-bond donors (Lipinski definition) is 1. The standard InChI is InChI=1S/C13H21N3O2/c1-4-10-7-11(15(3)14-10)8-16-6-5-12(9(16)2)13(17)18/h7,9,12H,4-6,8H2,1-3H3,(H,17,18). The average molecular weight is 251 g/mol. The third-order valence-electron chi connectivity index (χ3n) is 3.96. The predicted octanol–water partition coefficient (Wildman–Crippen LogP) is 1.28. The highest BCUT2D eigenvalue weighted by atomic mass is 16.4. The van der Waals surface area contributed by atoms with Gasteiger partial charge in [-0.3, -0.25) is 14.4 Å². The third-order valence-corrected chi connectivity index (χ3v) is 3.96. The zero-order valence-electron chi connectivity index (χ0n) is 11.3. The van der Waals surface area contributed by atoms with Crippen molar-refractivity contribution in [2.24, 2.45) is 13.0 Å². The minimum atomic E-state index is -0.677. The second-order valence-electron chi connectivity index (χ2n) is 5.05. The van der Waals surface area contributed by atoms with Gasteiger partial charge in [-0.2, -0.15) is 5.10 Å². The number of aromatic nitrogens is 2. The molecule has 2 heterocycles. The average Bonchev–Trinajstić information content (AvgIpc) is 2.85. The topological polar surface area (TPSA) is 58.4 Å². The Morgan fingerprint density at radius 1 is 1.61 bits per heavy atom. The molecule has 2 rings (SSSR count). The molecular formula is C13H21N3O2. The van der Waals surface area contributed by atoms with E-state index < -0.39 is 5.97 Å². The summed E-state index contributed by atoms with van der Waals surface area (Å²) >= 11 is 0. The van der Waals surface area contributed by atoms with Crippen molar-refractivity contribution in [1.82, 2.24) is 14.7 Å². The van der Waals surface area contributed by atoms with Crippen molar-refractivity contribution in [2.75, 3.05) is 6.54 Å². The first-order valence-electron chi connectivity index (χ1n) is 6.51. The molecule has 0 aromatic carbocycles. The molecule has 2 atom stereocenters. The molecule has 0 bridgehead atoms. The van der Waals surface area contributed by atoms with Crippen molar-refractivity contribution in [3.05, 3.63) is 17.5 Å². The zero-order chi connectivity index (χ0) is 13.3. The molecule has 5 heteroatoms. The van der Waals surface area contributed by atoms with Crippen molar-refractivity contribution in [1.29, 1.82) is 0 Å². The Labute approximate surface area is 107 Å². The molecule has 1 fully saturated rings. The molecule has 18 heavy (non-hydrogen) atoms. The number of nitrogens with zero attached hydrogens (tertiary/aromatic N) is 3. The van der Waals surface area contributed by atoms with Crippen LogP contribution < -0.4 is 0 Å². The largest absolute Gasteiger partial charge is 0.481 e. The fourth-order valence-corrected chi connectivity index (χ4v) is 2.66. The molecule has 5 nitrogen and oxygen atoms in total. The van der Waals surface area contributed by atoms with Gasteiger partial charge in [-0.1, -0.05) is 6.92 Å². The molecule has 0 saturated carbocycles. The summed E-state index contributed by atoms with van der Waals surface area (Å²) in [6.45, 7) is 5.73. The first-order valence-corrected chi connectivity index (χ1v) is 6.51. The van der Waals surface area contributed by atoms with Crippen LogP contribution in [0.4, 0.5) is 0 Å². The van der Waals surface area contributed by atoms with E-state index in [0.29, 0.717) is 0 Å². The van der Waals surface area contributed by atoms with Crippen LogP contribution in [0.1, 0.15) is 31.7 Å². The number of likely N-dealkylation sites (tertiary alicyclic amines) is 1. The van der Waals surface area contributed by atoms with Crippen LogP contribution in [-0.2, 0) is 24.8 Å². The van der Waals surface area contributed by atoms with Crippen molar-refractivity contribution in [2.45, 2.75) is 39.3 Å². The van der Waals surface area contributed by atoms with Gasteiger partial charge in [0, 0.05) is 19.6 Å². The van der Waals surface area contributed by atoms with Gasteiger partial charge in [0.15, 0.2) is 0 Å². The molecule has 2 unspecified atom stereocenters. The molecule has 0 aliphatic carbocycles. The van der Waals surface area contributed by atoms with Crippen molar-refractivity contribution < 1.29 is 9.90 Å². The molecule has 0 amide bonds. The molecule has 0 spiro atoms. The quantitative estimate of drug-likeness (QED) is 0.875. The predicted molar refractivity (Wildman–Crippen MR) is 68.2 cm³/mol. The summed E-state index contributed by atoms with van der Waals surface area (Å²) in [6.07, 6.45) is 1.68. The number of carboxylic acids is 1. The molecule has 1 aromatic rings. The first-order chi connectivity index (χ1) is 8.52. The SMILES string of the molecule is CCc1cc(CN2CCC(C(=O)O)C2C)n(C)n1. The summed E-state index contributed by atoms with van der Waals surface area (Å²) in [5, 5.41) is 13.5. The summed E-state index contributed by atoms with van der Waals surface area (Å²) < 4.78 is 1.90. The Bertz CT molecular complexity index is 441. The fraction of sp³-hybridized carbons (Fsp3) is 0.692. The maximum atomic E-state index is 11.1. The van der Waals surface area contributed by atoms with E-state index in [1.165, 1.54) is 0 Å². The molecule has 0 radical (unpaired) electrons. The third kappa shape index (κ3) is 2.41. The van der Waals surface area contributed by atoms with E-state index in [4.69, 9.17) is 5.11 Å². The van der Waals surface area contributed by atoms with Crippen LogP contribution in [0.15, 0.2) is 6.07 Å². The van der Waals surface area contributed by atoms with E-state index >= 15 is 0 Å². The molecule has 1 saturated heterocycles. The zero-order valence-corrected chi connectivity index (χ0v) is 11.3. The highest BCUT2D eigenvalue weighted by Gasteiger charge is 2.35. The fourth-order valence-electron chi connectivity index (χ4n) is 2.66. The van der Waals surface area contributed by atoms with E-state index in [1.807, 2.05) is 18.7 Å². The van der Waals surface area contributed by atoms with Gasteiger partial charge in [0.05, 0.1) is 17.3 Å². The smallest absolute Gasteiger partial charge is 0.308 e. The molecule has 1 aliphatic rings. The number of aryl methyl sites for hydroxylation is 2. The maximum Gasteiger partial charge on any atom is 0.308 e. The van der Waals surface area contributed by atoms with E-state index in [0.717, 1.165) is 37.3 Å². The Kier molecular flexibility index (Phi) is 3.71. The Morgan fingerprint density at radius 2 is 2.33 bits per heavy atom. The lowest BCUT2D eigenvalue weighted by Gasteiger charge is -2.22. The van der Waals surface area contributed by atoms with Crippen molar-refractivity contribution in [3.8, 4) is 0 Å². The van der Waals surface area contributed by atoms with Gasteiger partial charge in [0.1, 0.15) is 0 Å². The van der Waals surface area contributed by atoms with Crippen LogP contribution in [0.25, 0.3) is 0 Å². The molecular weight excluding hydrogens is 230 g/mol. The number of rotatable bonds is 4. The number of aliphatic carboxylic acids is 1. The lowest BCUT2D eigenvalue weighted by atomic mass is 10.0. The monoisotopic (exact) mass is 251 g/mol. The minimum absolute atomic E-state index is 0.0995. The summed E-state index contributed by atoms with van der Waals surface area (Å²) in [5.74, 6) is -0.909. The Morgan fingerprint density at radius 3 is 2.83 bits per heavy atom. The van der Waals surface area contributed by atoms with Crippen LogP contribution >= 0.6 is 0 Å². The van der Waals surface area contributed by atoms with Gasteiger partial charge >= 0.3 is 5.97 Å². The Balaban J connectivity index is 2.06. The van der Waals surface area contributed by atoms with Gasteiger partial charge in [-0.05, 0) is 32.4 Å². The van der Waals surface area contributed by atoms with Crippen LogP contribution in [0, 0.1) is 5.92 Å². The van der Waals surface area contributed by atoms with Crippen molar-refractivity contribution in [3.63, 3.8) is 0 Å². The highest BCUT2D eigenvalue weighted by molar-refractivity contribution is 5.71. The van der Waals surface area contributed by atoms with Crippen LogP contribution in [-0.4, -0.2) is 38.3 Å². The lowest BCUT2D eigenvalue weighted by molar-refractivity contribution is -0.142. The van der Waals surface area contributed by atoms with E-state index in [9.17, 15) is 4.79 Å². The molecule has 1 N–H and O–H groups in total. The normalized spacial score (nSPS) is 24.6. The summed E-state index contributed by atoms with van der Waals surface area (Å²) in [4.78, 5) is 13.3. The second kappa shape index (κ2) is 5.10. The van der Waals surface area contributed by atoms with Gasteiger partial charge in [-0.25, -0.2) is 0 Å². The van der Waals surface area contributed by atoms with Crippen LogP contribution in [0.5, 0.6) is 0 Å². The van der Waals surface area contributed by atoms with Gasteiger partial charge in [0.25, 0.3) is 0 Å². The summed E-state index contributed by atoms with van der Waals surface area (Å²) in [6, 6.07) is 2.21.